The molecule has 2 aromatic rings. The lowest BCUT2D eigenvalue weighted by atomic mass is 10.1. The van der Waals surface area contributed by atoms with Crippen molar-refractivity contribution in [3.05, 3.63) is 65.5 Å². The minimum absolute atomic E-state index is 0.112. The lowest BCUT2D eigenvalue weighted by Gasteiger charge is -2.30. The van der Waals surface area contributed by atoms with Crippen LogP contribution in [0.1, 0.15) is 57.1 Å². The number of amides is 2. The maximum Gasteiger partial charge on any atom is 0.242 e. The average Bonchev–Trinajstić information content (AvgIpc) is 2.79. The molecular formula is C26H35FN2O3. The highest BCUT2D eigenvalue weighted by atomic mass is 19.1. The molecule has 0 saturated carbocycles. The monoisotopic (exact) mass is 442 g/mol. The van der Waals surface area contributed by atoms with Crippen molar-refractivity contribution in [1.82, 2.24) is 10.2 Å². The number of carbonyl (C=O) groups excluding carboxylic acids is 2. The second-order valence-corrected chi connectivity index (χ2v) is 7.98. The third-order valence-corrected chi connectivity index (χ3v) is 5.31. The zero-order valence-corrected chi connectivity index (χ0v) is 19.4. The number of nitrogens with zero attached hydrogens (tertiary/aromatic N) is 1. The molecule has 5 nitrogen and oxygen atoms in total. The maximum absolute atomic E-state index is 13.3. The van der Waals surface area contributed by atoms with Gasteiger partial charge in [0.15, 0.2) is 0 Å². The van der Waals surface area contributed by atoms with E-state index in [1.807, 2.05) is 38.1 Å². The van der Waals surface area contributed by atoms with E-state index in [-0.39, 0.29) is 30.6 Å². The zero-order chi connectivity index (χ0) is 23.3. The summed E-state index contributed by atoms with van der Waals surface area (Å²) in [6, 6.07) is 13.3. The fourth-order valence-corrected chi connectivity index (χ4v) is 3.40. The van der Waals surface area contributed by atoms with Crippen molar-refractivity contribution in [2.24, 2.45) is 0 Å². The summed E-state index contributed by atoms with van der Waals surface area (Å²) >= 11 is 0. The molecule has 6 heteroatoms. The first-order valence-corrected chi connectivity index (χ1v) is 11.5. The minimum atomic E-state index is -0.567. The molecule has 2 amide bonds. The highest BCUT2D eigenvalue weighted by Gasteiger charge is 2.28. The van der Waals surface area contributed by atoms with Gasteiger partial charge in [0.2, 0.25) is 11.8 Å². The van der Waals surface area contributed by atoms with Gasteiger partial charge >= 0.3 is 0 Å². The molecule has 0 radical (unpaired) electrons. The molecule has 0 aliphatic heterocycles. The fourth-order valence-electron chi connectivity index (χ4n) is 3.40. The van der Waals surface area contributed by atoms with E-state index < -0.39 is 6.04 Å². The highest BCUT2D eigenvalue weighted by Crippen LogP contribution is 2.16. The van der Waals surface area contributed by atoms with Gasteiger partial charge in [0.25, 0.3) is 0 Å². The third kappa shape index (κ3) is 8.33. The van der Waals surface area contributed by atoms with Crippen LogP contribution in [0.3, 0.4) is 0 Å². The van der Waals surface area contributed by atoms with Gasteiger partial charge in [0, 0.05) is 19.5 Å². The average molecular weight is 443 g/mol. The Morgan fingerprint density at radius 3 is 2.34 bits per heavy atom. The molecule has 0 aromatic heterocycles. The van der Waals surface area contributed by atoms with Crippen molar-refractivity contribution < 1.29 is 18.7 Å². The van der Waals surface area contributed by atoms with Gasteiger partial charge in [-0.15, -0.1) is 0 Å². The van der Waals surface area contributed by atoms with Crippen molar-refractivity contribution in [1.29, 1.82) is 0 Å². The van der Waals surface area contributed by atoms with Crippen LogP contribution in [0, 0.1) is 12.7 Å². The number of hydrogen-bond acceptors (Lipinski definition) is 3. The van der Waals surface area contributed by atoms with E-state index in [1.54, 1.807) is 17.0 Å². The molecular weight excluding hydrogens is 407 g/mol. The number of halogens is 1. The Bertz CT molecular complexity index is 837. The van der Waals surface area contributed by atoms with Gasteiger partial charge in [0.05, 0.1) is 6.61 Å². The molecule has 2 aromatic carbocycles. The van der Waals surface area contributed by atoms with E-state index in [0.29, 0.717) is 26.0 Å². The van der Waals surface area contributed by atoms with Crippen LogP contribution >= 0.6 is 0 Å². The summed E-state index contributed by atoms with van der Waals surface area (Å²) in [5.41, 5.74) is 1.95. The predicted octanol–water partition coefficient (Wildman–Crippen LogP) is 5.02. The SMILES string of the molecule is CCCCNC(=O)[C@H](CC)N(Cc1ccc(F)cc1)C(=O)CCCOc1ccc(C)cc1. The topological polar surface area (TPSA) is 58.6 Å². The van der Waals surface area contributed by atoms with Crippen molar-refractivity contribution in [3.8, 4) is 5.75 Å². The van der Waals surface area contributed by atoms with E-state index in [1.165, 1.54) is 12.1 Å². The summed E-state index contributed by atoms with van der Waals surface area (Å²) in [7, 11) is 0. The van der Waals surface area contributed by atoms with E-state index in [0.717, 1.165) is 29.7 Å². The number of aryl methyl sites for hydroxylation is 1. The first-order valence-electron chi connectivity index (χ1n) is 11.5. The summed E-state index contributed by atoms with van der Waals surface area (Å²) in [6.45, 7) is 7.24. The fraction of sp³-hybridized carbons (Fsp3) is 0.462. The van der Waals surface area contributed by atoms with Crippen LogP contribution in [-0.2, 0) is 16.1 Å². The second-order valence-electron chi connectivity index (χ2n) is 7.98. The smallest absolute Gasteiger partial charge is 0.242 e. The second kappa shape index (κ2) is 13.5. The Kier molecular flexibility index (Phi) is 10.7. The molecule has 174 valence electrons. The molecule has 1 atom stereocenters. The highest BCUT2D eigenvalue weighted by molar-refractivity contribution is 5.87. The quantitative estimate of drug-likeness (QED) is 0.443. The van der Waals surface area contributed by atoms with Crippen molar-refractivity contribution in [3.63, 3.8) is 0 Å². The van der Waals surface area contributed by atoms with Gasteiger partial charge in [-0.1, -0.05) is 50.1 Å². The first-order chi connectivity index (χ1) is 15.4. The minimum Gasteiger partial charge on any atom is -0.494 e. The number of nitrogens with one attached hydrogen (secondary N) is 1. The Balaban J connectivity index is 2.02. The Morgan fingerprint density at radius 2 is 1.72 bits per heavy atom. The van der Waals surface area contributed by atoms with Crippen LogP contribution in [0.2, 0.25) is 0 Å². The van der Waals surface area contributed by atoms with Crippen LogP contribution in [0.4, 0.5) is 4.39 Å². The number of ether oxygens (including phenoxy) is 1. The molecule has 0 heterocycles. The lowest BCUT2D eigenvalue weighted by Crippen LogP contribution is -2.49. The van der Waals surface area contributed by atoms with E-state index >= 15 is 0 Å². The van der Waals surface area contributed by atoms with Gasteiger partial charge in [-0.05, 0) is 56.0 Å². The molecule has 0 fully saturated rings. The van der Waals surface area contributed by atoms with Crippen molar-refractivity contribution >= 4 is 11.8 Å². The number of rotatable bonds is 13. The lowest BCUT2D eigenvalue weighted by molar-refractivity contribution is -0.141. The predicted molar refractivity (Wildman–Crippen MR) is 125 cm³/mol. The molecule has 0 unspecified atom stereocenters. The number of unbranched alkanes of at least 4 members (excludes halogenated alkanes) is 1. The summed E-state index contributed by atoms with van der Waals surface area (Å²) < 4.78 is 19.0. The van der Waals surface area contributed by atoms with Crippen LogP contribution in [0.25, 0.3) is 0 Å². The number of carbonyl (C=O) groups is 2. The maximum atomic E-state index is 13.3. The largest absolute Gasteiger partial charge is 0.494 e. The first kappa shape index (κ1) is 25.4. The zero-order valence-electron chi connectivity index (χ0n) is 19.4. The molecule has 1 N–H and O–H groups in total. The van der Waals surface area contributed by atoms with Gasteiger partial charge in [0.1, 0.15) is 17.6 Å². The van der Waals surface area contributed by atoms with Crippen LogP contribution in [0.15, 0.2) is 48.5 Å². The number of benzene rings is 2. The third-order valence-electron chi connectivity index (χ3n) is 5.31. The van der Waals surface area contributed by atoms with Crippen molar-refractivity contribution in [2.75, 3.05) is 13.2 Å². The Hall–Kier alpha value is -2.89. The van der Waals surface area contributed by atoms with E-state index in [9.17, 15) is 14.0 Å². The molecule has 0 bridgehead atoms. The van der Waals surface area contributed by atoms with Crippen LogP contribution in [-0.4, -0.2) is 35.9 Å². The van der Waals surface area contributed by atoms with Gasteiger partial charge in [-0.25, -0.2) is 4.39 Å². The molecule has 2 rings (SSSR count). The van der Waals surface area contributed by atoms with Gasteiger partial charge in [-0.2, -0.15) is 0 Å². The Labute approximate surface area is 191 Å². The van der Waals surface area contributed by atoms with Crippen LogP contribution in [0.5, 0.6) is 5.75 Å². The van der Waals surface area contributed by atoms with Crippen molar-refractivity contribution in [2.45, 2.75) is 65.5 Å². The summed E-state index contributed by atoms with van der Waals surface area (Å²) in [5, 5.41) is 2.94. The van der Waals surface area contributed by atoms with Gasteiger partial charge < -0.3 is 15.0 Å². The van der Waals surface area contributed by atoms with E-state index in [4.69, 9.17) is 4.74 Å². The Morgan fingerprint density at radius 1 is 1.03 bits per heavy atom. The van der Waals surface area contributed by atoms with E-state index in [2.05, 4.69) is 12.2 Å². The molecule has 32 heavy (non-hydrogen) atoms. The number of hydrogen-bond donors (Lipinski definition) is 1. The molecule has 0 aliphatic rings. The van der Waals surface area contributed by atoms with Crippen LogP contribution < -0.4 is 10.1 Å². The molecule has 0 aliphatic carbocycles. The molecule has 0 spiro atoms. The van der Waals surface area contributed by atoms with Gasteiger partial charge in [-0.3, -0.25) is 9.59 Å². The standard InChI is InChI=1S/C26H35FN2O3/c1-4-6-17-28-26(31)24(5-2)29(19-21-11-13-22(27)14-12-21)25(30)8-7-18-32-23-15-9-20(3)10-16-23/h9-16,24H,4-8,17-19H2,1-3H3,(H,28,31)/t24-/m0/s1. The summed E-state index contributed by atoms with van der Waals surface area (Å²) in [6.07, 6.45) is 3.19. The molecule has 0 saturated heterocycles. The normalized spacial score (nSPS) is 11.6. The summed E-state index contributed by atoms with van der Waals surface area (Å²) in [5.74, 6) is 0.184. The summed E-state index contributed by atoms with van der Waals surface area (Å²) in [4.78, 5) is 27.5.